The van der Waals surface area contributed by atoms with Crippen molar-refractivity contribution in [3.05, 3.63) is 34.6 Å². The Labute approximate surface area is 104 Å². The molecule has 2 nitrogen and oxygen atoms in total. The third-order valence-electron chi connectivity index (χ3n) is 2.04. The summed E-state index contributed by atoms with van der Waals surface area (Å²) in [6.07, 6.45) is -0.0767. The summed E-state index contributed by atoms with van der Waals surface area (Å²) in [4.78, 5) is 11.5. The number of rotatable bonds is 4. The highest BCUT2D eigenvalue weighted by Gasteiger charge is 2.13. The lowest BCUT2D eigenvalue weighted by atomic mass is 10.1. The fourth-order valence-electron chi connectivity index (χ4n) is 1.23. The molecule has 1 atom stereocenters. The first-order valence-corrected chi connectivity index (χ1v) is 5.74. The highest BCUT2D eigenvalue weighted by Crippen LogP contribution is 2.19. The molecule has 16 heavy (non-hydrogen) atoms. The quantitative estimate of drug-likeness (QED) is 0.832. The Morgan fingerprint density at radius 2 is 2.25 bits per heavy atom. The van der Waals surface area contributed by atoms with Crippen LogP contribution in [0.3, 0.4) is 0 Å². The summed E-state index contributed by atoms with van der Waals surface area (Å²) in [7, 11) is 0. The second-order valence-corrected chi connectivity index (χ2v) is 4.22. The Morgan fingerprint density at radius 1 is 1.56 bits per heavy atom. The molecular weight excluding hydrogens is 252 g/mol. The highest BCUT2D eigenvalue weighted by molar-refractivity contribution is 6.31. The van der Waals surface area contributed by atoms with Gasteiger partial charge in [0.1, 0.15) is 5.82 Å². The molecule has 0 bridgehead atoms. The van der Waals surface area contributed by atoms with Crippen molar-refractivity contribution >= 4 is 29.1 Å². The summed E-state index contributed by atoms with van der Waals surface area (Å²) in [5.74, 6) is -0.446. The molecule has 1 unspecified atom stereocenters. The molecule has 1 aromatic rings. The minimum Gasteiger partial charge on any atom is -0.352 e. The van der Waals surface area contributed by atoms with Gasteiger partial charge in [-0.3, -0.25) is 4.79 Å². The summed E-state index contributed by atoms with van der Waals surface area (Å²) in [5, 5.41) is 2.89. The Hall–Kier alpha value is -0.800. The SMILES string of the molecule is CC(CCl)NC(=O)Cc1c(F)cccc1Cl. The zero-order valence-electron chi connectivity index (χ0n) is 8.77. The molecule has 0 aliphatic carbocycles. The number of benzene rings is 1. The van der Waals surface area contributed by atoms with Crippen LogP contribution >= 0.6 is 23.2 Å². The van der Waals surface area contributed by atoms with Crippen molar-refractivity contribution in [2.24, 2.45) is 0 Å². The average molecular weight is 264 g/mol. The lowest BCUT2D eigenvalue weighted by molar-refractivity contribution is -0.120. The zero-order chi connectivity index (χ0) is 12.1. The minimum atomic E-state index is -0.471. The molecule has 1 amide bonds. The molecular formula is C11H12Cl2FNO. The minimum absolute atomic E-state index is 0.0767. The maximum atomic E-state index is 13.3. The van der Waals surface area contributed by atoms with Crippen molar-refractivity contribution in [3.8, 4) is 0 Å². The van der Waals surface area contributed by atoms with Crippen LogP contribution in [-0.2, 0) is 11.2 Å². The number of hydrogen-bond donors (Lipinski definition) is 1. The van der Waals surface area contributed by atoms with Gasteiger partial charge in [0.2, 0.25) is 5.91 Å². The summed E-state index contributed by atoms with van der Waals surface area (Å²) >= 11 is 11.3. The third kappa shape index (κ3) is 3.65. The van der Waals surface area contributed by atoms with E-state index in [0.717, 1.165) is 0 Å². The largest absolute Gasteiger partial charge is 0.352 e. The number of amides is 1. The first-order chi connectivity index (χ1) is 7.54. The number of hydrogen-bond acceptors (Lipinski definition) is 1. The highest BCUT2D eigenvalue weighted by atomic mass is 35.5. The smallest absolute Gasteiger partial charge is 0.224 e. The maximum Gasteiger partial charge on any atom is 0.224 e. The van der Waals surface area contributed by atoms with Gasteiger partial charge in [-0.25, -0.2) is 4.39 Å². The summed E-state index contributed by atoms with van der Waals surface area (Å²) < 4.78 is 13.3. The Bertz CT molecular complexity index is 364. The topological polar surface area (TPSA) is 29.1 Å². The molecule has 1 N–H and O–H groups in total. The van der Waals surface area contributed by atoms with Crippen LogP contribution < -0.4 is 5.32 Å². The summed E-state index contributed by atoms with van der Waals surface area (Å²) in [6, 6.07) is 4.19. The van der Waals surface area contributed by atoms with Gasteiger partial charge in [0.15, 0.2) is 0 Å². The molecule has 0 aromatic heterocycles. The lowest BCUT2D eigenvalue weighted by Gasteiger charge is -2.11. The molecule has 1 aromatic carbocycles. The number of alkyl halides is 1. The van der Waals surface area contributed by atoms with Crippen LogP contribution in [0.2, 0.25) is 5.02 Å². The van der Waals surface area contributed by atoms with Crippen LogP contribution in [-0.4, -0.2) is 17.8 Å². The van der Waals surface area contributed by atoms with Gasteiger partial charge in [0.25, 0.3) is 0 Å². The van der Waals surface area contributed by atoms with E-state index in [4.69, 9.17) is 23.2 Å². The van der Waals surface area contributed by atoms with Gasteiger partial charge < -0.3 is 5.32 Å². The van der Waals surface area contributed by atoms with Gasteiger partial charge in [0.05, 0.1) is 6.42 Å². The lowest BCUT2D eigenvalue weighted by Crippen LogP contribution is -2.35. The number of carbonyl (C=O) groups is 1. The first kappa shape index (κ1) is 13.3. The molecule has 0 heterocycles. The molecule has 0 spiro atoms. The van der Waals surface area contributed by atoms with Crippen molar-refractivity contribution in [1.29, 1.82) is 0 Å². The molecule has 0 saturated heterocycles. The molecule has 0 saturated carbocycles. The predicted octanol–water partition coefficient (Wildman–Crippen LogP) is 2.77. The predicted molar refractivity (Wildman–Crippen MR) is 63.4 cm³/mol. The van der Waals surface area contributed by atoms with Crippen LogP contribution in [0, 0.1) is 5.82 Å². The third-order valence-corrected chi connectivity index (χ3v) is 2.85. The second-order valence-electron chi connectivity index (χ2n) is 3.50. The van der Waals surface area contributed by atoms with E-state index in [1.54, 1.807) is 13.0 Å². The fourth-order valence-corrected chi connectivity index (χ4v) is 1.53. The molecule has 0 aliphatic rings. The van der Waals surface area contributed by atoms with E-state index in [0.29, 0.717) is 5.88 Å². The van der Waals surface area contributed by atoms with Crippen molar-refractivity contribution in [1.82, 2.24) is 5.32 Å². The number of nitrogens with one attached hydrogen (secondary N) is 1. The Morgan fingerprint density at radius 3 is 2.81 bits per heavy atom. The average Bonchev–Trinajstić information content (AvgIpc) is 2.23. The van der Waals surface area contributed by atoms with E-state index in [2.05, 4.69) is 5.32 Å². The zero-order valence-corrected chi connectivity index (χ0v) is 10.3. The second kappa shape index (κ2) is 6.06. The number of halogens is 3. The normalized spacial score (nSPS) is 12.2. The van der Waals surface area contributed by atoms with Crippen LogP contribution in [0.5, 0.6) is 0 Å². The standard InChI is InChI=1S/C11H12Cl2FNO/c1-7(6-12)15-11(16)5-8-9(13)3-2-4-10(8)14/h2-4,7H,5-6H2,1H3,(H,15,16). The molecule has 0 radical (unpaired) electrons. The van der Waals surface area contributed by atoms with Gasteiger partial charge in [-0.1, -0.05) is 17.7 Å². The number of carbonyl (C=O) groups excluding carboxylic acids is 1. The monoisotopic (exact) mass is 263 g/mol. The maximum absolute atomic E-state index is 13.3. The van der Waals surface area contributed by atoms with Crippen LogP contribution in [0.4, 0.5) is 4.39 Å². The summed E-state index contributed by atoms with van der Waals surface area (Å²) in [6.45, 7) is 1.77. The Balaban J connectivity index is 2.70. The first-order valence-electron chi connectivity index (χ1n) is 4.82. The van der Waals surface area contributed by atoms with Gasteiger partial charge in [-0.05, 0) is 19.1 Å². The van der Waals surface area contributed by atoms with Gasteiger partial charge in [-0.15, -0.1) is 11.6 Å². The molecule has 0 aliphatic heterocycles. The van der Waals surface area contributed by atoms with E-state index < -0.39 is 5.82 Å². The van der Waals surface area contributed by atoms with E-state index in [1.165, 1.54) is 12.1 Å². The van der Waals surface area contributed by atoms with Crippen molar-refractivity contribution in [3.63, 3.8) is 0 Å². The van der Waals surface area contributed by atoms with E-state index in [9.17, 15) is 9.18 Å². The molecule has 0 fully saturated rings. The molecule has 5 heteroatoms. The van der Waals surface area contributed by atoms with Crippen molar-refractivity contribution in [2.45, 2.75) is 19.4 Å². The van der Waals surface area contributed by atoms with Gasteiger partial charge in [-0.2, -0.15) is 0 Å². The van der Waals surface area contributed by atoms with Crippen LogP contribution in [0.25, 0.3) is 0 Å². The van der Waals surface area contributed by atoms with E-state index in [1.807, 2.05) is 0 Å². The summed E-state index contributed by atoms with van der Waals surface area (Å²) in [5.41, 5.74) is 0.212. The van der Waals surface area contributed by atoms with Crippen LogP contribution in [0.1, 0.15) is 12.5 Å². The fraction of sp³-hybridized carbons (Fsp3) is 0.364. The van der Waals surface area contributed by atoms with E-state index in [-0.39, 0.29) is 29.0 Å². The van der Waals surface area contributed by atoms with Crippen molar-refractivity contribution < 1.29 is 9.18 Å². The van der Waals surface area contributed by atoms with E-state index >= 15 is 0 Å². The van der Waals surface area contributed by atoms with Crippen LogP contribution in [0.15, 0.2) is 18.2 Å². The Kier molecular flexibility index (Phi) is 5.03. The van der Waals surface area contributed by atoms with Gasteiger partial charge >= 0.3 is 0 Å². The van der Waals surface area contributed by atoms with Gasteiger partial charge in [0, 0.05) is 22.5 Å². The molecule has 1 rings (SSSR count). The molecule has 88 valence electrons. The van der Waals surface area contributed by atoms with Crippen molar-refractivity contribution in [2.75, 3.05) is 5.88 Å².